The van der Waals surface area contributed by atoms with Crippen LogP contribution in [-0.2, 0) is 14.3 Å². The molecule has 2 rings (SSSR count). The summed E-state index contributed by atoms with van der Waals surface area (Å²) in [5.74, 6) is -2.54. The number of hydrogen-bond donors (Lipinski definition) is 1. The standard InChI is InChI=1S/C17H16ClNO5S2/c1-2-24-17(23)15-12(10-3-5-11(18)6-4-10)7-26-16(15)19-13(20)8-25-9-14(21)22/h3-7H,2,8-9H2,1H3,(H,19,20)(H,21,22)/p-1. The Hall–Kier alpha value is -2.03. The molecule has 1 amide bonds. The van der Waals surface area contributed by atoms with Crippen LogP contribution in [0.4, 0.5) is 5.00 Å². The summed E-state index contributed by atoms with van der Waals surface area (Å²) in [4.78, 5) is 34.8. The number of rotatable bonds is 8. The third-order valence-corrected chi connectivity index (χ3v) is 5.19. The highest BCUT2D eigenvalue weighted by atomic mass is 35.5. The Kier molecular flexibility index (Phi) is 7.50. The molecule has 2 aromatic rings. The van der Waals surface area contributed by atoms with Gasteiger partial charge in [-0.2, -0.15) is 0 Å². The van der Waals surface area contributed by atoms with E-state index in [0.717, 1.165) is 17.3 Å². The normalized spacial score (nSPS) is 10.4. The summed E-state index contributed by atoms with van der Waals surface area (Å²) in [6.07, 6.45) is 0. The average Bonchev–Trinajstić information content (AvgIpc) is 2.99. The van der Waals surface area contributed by atoms with Gasteiger partial charge >= 0.3 is 5.97 Å². The predicted molar refractivity (Wildman–Crippen MR) is 102 cm³/mol. The zero-order valence-electron chi connectivity index (χ0n) is 13.7. The molecule has 0 aliphatic heterocycles. The first-order valence-electron chi connectivity index (χ1n) is 7.54. The monoisotopic (exact) mass is 412 g/mol. The first-order chi connectivity index (χ1) is 12.4. The minimum absolute atomic E-state index is 0.0651. The van der Waals surface area contributed by atoms with Crippen LogP contribution in [0.1, 0.15) is 17.3 Å². The number of ether oxygens (including phenoxy) is 1. The van der Waals surface area contributed by atoms with Crippen LogP contribution in [-0.4, -0.2) is 36.0 Å². The van der Waals surface area contributed by atoms with Gasteiger partial charge in [0.1, 0.15) is 10.6 Å². The average molecular weight is 413 g/mol. The molecule has 0 saturated carbocycles. The maximum Gasteiger partial charge on any atom is 0.341 e. The Morgan fingerprint density at radius 2 is 1.92 bits per heavy atom. The SMILES string of the molecule is CCOC(=O)c1c(-c2ccc(Cl)cc2)csc1NC(=O)CSCC(=O)[O-]. The van der Waals surface area contributed by atoms with Gasteiger partial charge in [0.25, 0.3) is 0 Å². The number of carbonyl (C=O) groups excluding carboxylic acids is 3. The Balaban J connectivity index is 2.25. The summed E-state index contributed by atoms with van der Waals surface area (Å²) in [6.45, 7) is 1.89. The van der Waals surface area contributed by atoms with E-state index in [1.807, 2.05) is 0 Å². The van der Waals surface area contributed by atoms with E-state index in [1.165, 1.54) is 11.3 Å². The third kappa shape index (κ3) is 5.48. The summed E-state index contributed by atoms with van der Waals surface area (Å²) in [6, 6.07) is 6.96. The van der Waals surface area contributed by atoms with Crippen LogP contribution < -0.4 is 10.4 Å². The van der Waals surface area contributed by atoms with E-state index in [9.17, 15) is 19.5 Å². The van der Waals surface area contributed by atoms with Crippen molar-refractivity contribution in [2.75, 3.05) is 23.4 Å². The lowest BCUT2D eigenvalue weighted by Gasteiger charge is -2.09. The molecule has 0 fully saturated rings. The molecule has 0 saturated heterocycles. The van der Waals surface area contributed by atoms with E-state index in [4.69, 9.17) is 16.3 Å². The Morgan fingerprint density at radius 1 is 1.23 bits per heavy atom. The Labute approximate surface area is 163 Å². The second-order valence-electron chi connectivity index (χ2n) is 4.99. The Morgan fingerprint density at radius 3 is 2.54 bits per heavy atom. The zero-order valence-corrected chi connectivity index (χ0v) is 16.1. The number of carbonyl (C=O) groups is 3. The molecule has 138 valence electrons. The van der Waals surface area contributed by atoms with E-state index >= 15 is 0 Å². The molecule has 26 heavy (non-hydrogen) atoms. The van der Waals surface area contributed by atoms with Crippen molar-refractivity contribution in [1.29, 1.82) is 0 Å². The van der Waals surface area contributed by atoms with Crippen molar-refractivity contribution in [2.24, 2.45) is 0 Å². The summed E-state index contributed by atoms with van der Waals surface area (Å²) in [7, 11) is 0. The maximum absolute atomic E-state index is 12.4. The van der Waals surface area contributed by atoms with Crippen molar-refractivity contribution >= 4 is 57.5 Å². The van der Waals surface area contributed by atoms with Crippen LogP contribution >= 0.6 is 34.7 Å². The van der Waals surface area contributed by atoms with Gasteiger partial charge in [0.05, 0.1) is 18.3 Å². The van der Waals surface area contributed by atoms with E-state index in [0.29, 0.717) is 15.6 Å². The molecule has 1 aromatic carbocycles. The molecule has 6 nitrogen and oxygen atoms in total. The fourth-order valence-corrected chi connectivity index (χ4v) is 3.71. The zero-order chi connectivity index (χ0) is 19.1. The number of carboxylic acid groups (broad SMARTS) is 1. The predicted octanol–water partition coefficient (Wildman–Crippen LogP) is 2.67. The molecular weight excluding hydrogens is 398 g/mol. The number of nitrogens with one attached hydrogen (secondary N) is 1. The lowest BCUT2D eigenvalue weighted by molar-refractivity contribution is -0.301. The maximum atomic E-state index is 12.4. The van der Waals surface area contributed by atoms with Gasteiger partial charge < -0.3 is 20.0 Å². The molecule has 0 radical (unpaired) electrons. The van der Waals surface area contributed by atoms with Crippen LogP contribution in [0.2, 0.25) is 5.02 Å². The van der Waals surface area contributed by atoms with E-state index in [-0.39, 0.29) is 23.7 Å². The second kappa shape index (κ2) is 9.61. The molecule has 0 unspecified atom stereocenters. The highest BCUT2D eigenvalue weighted by Gasteiger charge is 2.22. The first-order valence-corrected chi connectivity index (χ1v) is 9.95. The summed E-state index contributed by atoms with van der Waals surface area (Å²) in [5.41, 5.74) is 1.65. The Bertz CT molecular complexity index is 804. The number of thiophene rings is 1. The van der Waals surface area contributed by atoms with Crippen molar-refractivity contribution < 1.29 is 24.2 Å². The minimum atomic E-state index is -1.24. The van der Waals surface area contributed by atoms with Crippen molar-refractivity contribution in [3.05, 3.63) is 40.2 Å². The summed E-state index contributed by atoms with van der Waals surface area (Å²) in [5, 5.41) is 15.7. The van der Waals surface area contributed by atoms with Crippen molar-refractivity contribution in [1.82, 2.24) is 0 Å². The number of hydrogen-bond acceptors (Lipinski definition) is 7. The molecule has 0 aliphatic rings. The molecule has 1 aromatic heterocycles. The van der Waals surface area contributed by atoms with Crippen LogP contribution in [0, 0.1) is 0 Å². The van der Waals surface area contributed by atoms with E-state index in [2.05, 4.69) is 5.32 Å². The fraction of sp³-hybridized carbons (Fsp3) is 0.235. The van der Waals surface area contributed by atoms with Crippen molar-refractivity contribution in [2.45, 2.75) is 6.92 Å². The quantitative estimate of drug-likeness (QED) is 0.669. The minimum Gasteiger partial charge on any atom is -0.549 e. The summed E-state index contributed by atoms with van der Waals surface area (Å²) < 4.78 is 5.11. The van der Waals surface area contributed by atoms with E-state index < -0.39 is 17.8 Å². The third-order valence-electron chi connectivity index (χ3n) is 3.13. The molecule has 0 bridgehead atoms. The van der Waals surface area contributed by atoms with Crippen molar-refractivity contribution in [3.8, 4) is 11.1 Å². The van der Waals surface area contributed by atoms with Gasteiger partial charge in [-0.3, -0.25) is 4.79 Å². The lowest BCUT2D eigenvalue weighted by atomic mass is 10.0. The fourth-order valence-electron chi connectivity index (χ4n) is 2.09. The van der Waals surface area contributed by atoms with Gasteiger partial charge in [0.2, 0.25) is 5.91 Å². The smallest absolute Gasteiger partial charge is 0.341 e. The summed E-state index contributed by atoms with van der Waals surface area (Å²) >= 11 is 8.01. The highest BCUT2D eigenvalue weighted by Crippen LogP contribution is 2.36. The van der Waals surface area contributed by atoms with Gasteiger partial charge in [-0.1, -0.05) is 23.7 Å². The number of anilines is 1. The first kappa shape index (κ1) is 20.3. The molecule has 9 heteroatoms. The molecule has 0 atom stereocenters. The van der Waals surface area contributed by atoms with Gasteiger partial charge in [-0.05, 0) is 24.6 Å². The van der Waals surface area contributed by atoms with Gasteiger partial charge in [0.15, 0.2) is 0 Å². The van der Waals surface area contributed by atoms with Gasteiger partial charge in [-0.25, -0.2) is 4.79 Å². The molecule has 0 aliphatic carbocycles. The van der Waals surface area contributed by atoms with Gasteiger partial charge in [0, 0.05) is 21.7 Å². The number of thioether (sulfide) groups is 1. The molecule has 1 N–H and O–H groups in total. The molecular formula is C17H15ClNO5S2-. The number of halogens is 1. The number of aliphatic carboxylic acids is 1. The molecule has 0 spiro atoms. The van der Waals surface area contributed by atoms with E-state index in [1.54, 1.807) is 36.6 Å². The number of esters is 1. The second-order valence-corrected chi connectivity index (χ2v) is 7.30. The van der Waals surface area contributed by atoms with Crippen LogP contribution in [0.25, 0.3) is 11.1 Å². The van der Waals surface area contributed by atoms with Crippen LogP contribution in [0.15, 0.2) is 29.6 Å². The number of amides is 1. The van der Waals surface area contributed by atoms with Crippen LogP contribution in [0.5, 0.6) is 0 Å². The van der Waals surface area contributed by atoms with Crippen molar-refractivity contribution in [3.63, 3.8) is 0 Å². The molecule has 1 heterocycles. The topological polar surface area (TPSA) is 95.5 Å². The number of benzene rings is 1. The lowest BCUT2D eigenvalue weighted by Crippen LogP contribution is -2.25. The largest absolute Gasteiger partial charge is 0.549 e. The van der Waals surface area contributed by atoms with Crippen LogP contribution in [0.3, 0.4) is 0 Å². The van der Waals surface area contributed by atoms with Gasteiger partial charge in [-0.15, -0.1) is 23.1 Å². The number of carboxylic acids is 1. The highest BCUT2D eigenvalue weighted by molar-refractivity contribution is 8.00.